The lowest BCUT2D eigenvalue weighted by Gasteiger charge is -2.16. The van der Waals surface area contributed by atoms with Gasteiger partial charge in [0.1, 0.15) is 35.2 Å². The van der Waals surface area contributed by atoms with Crippen LogP contribution in [-0.2, 0) is 16.6 Å². The number of aromatic amines is 1. The molecule has 5 N–H and O–H groups in total. The number of benzene rings is 2. The molecule has 10 nitrogen and oxygen atoms in total. The number of carbonyl (C=O) groups excluding carboxylic acids is 1. The first kappa shape index (κ1) is 28.3. The molecule has 0 saturated heterocycles. The lowest BCUT2D eigenvalue weighted by atomic mass is 10.1. The van der Waals surface area contributed by atoms with Crippen molar-refractivity contribution >= 4 is 33.3 Å². The monoisotopic (exact) mass is 582 g/mol. The normalized spacial score (nSPS) is 11.7. The van der Waals surface area contributed by atoms with Crippen molar-refractivity contribution in [2.75, 3.05) is 15.8 Å². The van der Waals surface area contributed by atoms with E-state index in [9.17, 15) is 35.2 Å². The topological polar surface area (TPSA) is 152 Å². The fourth-order valence-electron chi connectivity index (χ4n) is 3.53. The molecular formula is C24H19F5N6O4S. The maximum atomic E-state index is 13.6. The second kappa shape index (κ2) is 11.2. The summed E-state index contributed by atoms with van der Waals surface area (Å²) < 4.78 is 96.9. The highest BCUT2D eigenvalue weighted by molar-refractivity contribution is 7.92. The quantitative estimate of drug-likeness (QED) is 0.201. The molecule has 210 valence electrons. The fourth-order valence-corrected chi connectivity index (χ4v) is 4.54. The molecule has 2 heterocycles. The van der Waals surface area contributed by atoms with E-state index in [4.69, 9.17) is 10.5 Å². The molecule has 16 heteroatoms. The number of nitrogens with two attached hydrogens (primary N) is 1. The molecule has 0 fully saturated rings. The lowest BCUT2D eigenvalue weighted by Crippen LogP contribution is -2.28. The molecule has 0 bridgehead atoms. The third kappa shape index (κ3) is 7.02. The lowest BCUT2D eigenvalue weighted by molar-refractivity contribution is -0.106. The third-order valence-electron chi connectivity index (χ3n) is 5.18. The van der Waals surface area contributed by atoms with Gasteiger partial charge in [0.05, 0.1) is 5.69 Å². The molecule has 2 aromatic carbocycles. The number of nitrogens with zero attached hydrogens (tertiary/aromatic N) is 2. The summed E-state index contributed by atoms with van der Waals surface area (Å²) in [5.74, 6) is -5.22. The van der Waals surface area contributed by atoms with Crippen LogP contribution in [0.3, 0.4) is 0 Å². The smallest absolute Gasteiger partial charge is 0.404 e. The number of sulfonamides is 1. The van der Waals surface area contributed by atoms with E-state index < -0.39 is 51.8 Å². The number of amides is 1. The summed E-state index contributed by atoms with van der Waals surface area (Å²) in [6, 6.07) is 11.4. The number of halogens is 5. The number of ether oxygens (including phenoxy) is 1. The standard InChI is InChI=1S/C24H19F5N6O4S/c25-15-6-4-13(9-16(15)26)11-39-18-10-14(5-7-17(18)35-40(37,38)12-24(27,28)29)21-20(22(30)36)23(34-33-21)32-19-3-1-2-8-31-19/h1-10,35H,11-12H2,(H2,30,36)(H2,31,32,33,34). The van der Waals surface area contributed by atoms with Crippen molar-refractivity contribution in [3.63, 3.8) is 0 Å². The van der Waals surface area contributed by atoms with Crippen LogP contribution in [0.2, 0.25) is 0 Å². The van der Waals surface area contributed by atoms with Crippen molar-refractivity contribution in [2.24, 2.45) is 5.73 Å². The second-order valence-corrected chi connectivity index (χ2v) is 9.97. The molecule has 0 aliphatic rings. The molecule has 4 rings (SSSR count). The molecule has 0 unspecified atom stereocenters. The van der Waals surface area contributed by atoms with Crippen molar-refractivity contribution in [3.8, 4) is 17.0 Å². The van der Waals surface area contributed by atoms with Gasteiger partial charge in [0.25, 0.3) is 5.91 Å². The van der Waals surface area contributed by atoms with E-state index in [0.29, 0.717) is 5.82 Å². The van der Waals surface area contributed by atoms with Crippen LogP contribution in [0, 0.1) is 11.6 Å². The van der Waals surface area contributed by atoms with Gasteiger partial charge in [-0.15, -0.1) is 0 Å². The van der Waals surface area contributed by atoms with E-state index in [1.165, 1.54) is 24.4 Å². The number of rotatable bonds is 10. The van der Waals surface area contributed by atoms with Crippen LogP contribution in [0.4, 0.5) is 39.3 Å². The van der Waals surface area contributed by atoms with Crippen LogP contribution in [-0.4, -0.2) is 41.4 Å². The first-order chi connectivity index (χ1) is 18.8. The summed E-state index contributed by atoms with van der Waals surface area (Å²) in [6.07, 6.45) is -3.53. The number of H-pyrrole nitrogens is 1. The zero-order valence-electron chi connectivity index (χ0n) is 20.1. The number of pyridine rings is 1. The minimum Gasteiger partial charge on any atom is -0.487 e. The van der Waals surface area contributed by atoms with Crippen molar-refractivity contribution in [2.45, 2.75) is 12.8 Å². The van der Waals surface area contributed by atoms with E-state index >= 15 is 0 Å². The van der Waals surface area contributed by atoms with Crippen LogP contribution in [0.1, 0.15) is 15.9 Å². The average molecular weight is 583 g/mol. The van der Waals surface area contributed by atoms with Crippen molar-refractivity contribution in [3.05, 3.63) is 83.6 Å². The number of carbonyl (C=O) groups is 1. The van der Waals surface area contributed by atoms with Gasteiger partial charge in [0, 0.05) is 11.8 Å². The molecule has 0 spiro atoms. The molecule has 0 aliphatic heterocycles. The maximum absolute atomic E-state index is 13.6. The van der Waals surface area contributed by atoms with Gasteiger partial charge in [-0.3, -0.25) is 14.6 Å². The first-order valence-corrected chi connectivity index (χ1v) is 12.8. The first-order valence-electron chi connectivity index (χ1n) is 11.2. The van der Waals surface area contributed by atoms with Crippen LogP contribution in [0.5, 0.6) is 5.75 Å². The molecule has 0 aliphatic carbocycles. The zero-order chi connectivity index (χ0) is 29.1. The van der Waals surface area contributed by atoms with Gasteiger partial charge >= 0.3 is 6.18 Å². The number of aromatic nitrogens is 3. The predicted molar refractivity (Wildman–Crippen MR) is 134 cm³/mol. The van der Waals surface area contributed by atoms with Gasteiger partial charge in [-0.1, -0.05) is 18.2 Å². The maximum Gasteiger partial charge on any atom is 0.404 e. The van der Waals surface area contributed by atoms with Gasteiger partial charge in [0.15, 0.2) is 17.4 Å². The fraction of sp³-hybridized carbons (Fsp3) is 0.125. The molecule has 4 aromatic rings. The van der Waals surface area contributed by atoms with Gasteiger partial charge in [-0.05, 0) is 42.0 Å². The Bertz CT molecular complexity index is 1650. The van der Waals surface area contributed by atoms with E-state index in [-0.39, 0.29) is 34.0 Å². The number of nitrogens with one attached hydrogen (secondary N) is 3. The largest absolute Gasteiger partial charge is 0.487 e. The average Bonchev–Trinajstić information content (AvgIpc) is 3.28. The Hall–Kier alpha value is -4.73. The van der Waals surface area contributed by atoms with Gasteiger partial charge < -0.3 is 15.8 Å². The molecule has 0 atom stereocenters. The van der Waals surface area contributed by atoms with Gasteiger partial charge in [-0.25, -0.2) is 22.2 Å². The summed E-state index contributed by atoms with van der Waals surface area (Å²) in [5.41, 5.74) is 5.35. The Kier molecular flexibility index (Phi) is 7.90. The Morgan fingerprint density at radius 1 is 1.05 bits per heavy atom. The molecular weight excluding hydrogens is 563 g/mol. The Morgan fingerprint density at radius 3 is 2.48 bits per heavy atom. The Morgan fingerprint density at radius 2 is 1.82 bits per heavy atom. The number of hydrogen-bond acceptors (Lipinski definition) is 7. The SMILES string of the molecule is NC(=O)c1c(-c2ccc(NS(=O)(=O)CC(F)(F)F)c(OCc3ccc(F)c(F)c3)c2)n[nH]c1Nc1ccccn1. The van der Waals surface area contributed by atoms with E-state index in [1.54, 1.807) is 22.9 Å². The summed E-state index contributed by atoms with van der Waals surface area (Å²) in [6.45, 7) is -0.426. The summed E-state index contributed by atoms with van der Waals surface area (Å²) in [5, 5.41) is 9.55. The zero-order valence-corrected chi connectivity index (χ0v) is 20.9. The van der Waals surface area contributed by atoms with Crippen LogP contribution >= 0.6 is 0 Å². The highest BCUT2D eigenvalue weighted by Crippen LogP contribution is 2.35. The summed E-state index contributed by atoms with van der Waals surface area (Å²) in [4.78, 5) is 16.4. The molecule has 1 amide bonds. The molecule has 0 saturated carbocycles. The van der Waals surface area contributed by atoms with Crippen molar-refractivity contribution < 1.29 is 39.9 Å². The predicted octanol–water partition coefficient (Wildman–Crippen LogP) is 4.48. The molecule has 0 radical (unpaired) electrons. The highest BCUT2D eigenvalue weighted by Gasteiger charge is 2.35. The van der Waals surface area contributed by atoms with E-state index in [0.717, 1.165) is 18.2 Å². The number of hydrogen-bond donors (Lipinski definition) is 4. The summed E-state index contributed by atoms with van der Waals surface area (Å²) >= 11 is 0. The Balaban J connectivity index is 1.72. The second-order valence-electron chi connectivity index (χ2n) is 8.25. The molecule has 40 heavy (non-hydrogen) atoms. The van der Waals surface area contributed by atoms with Crippen molar-refractivity contribution in [1.82, 2.24) is 15.2 Å². The highest BCUT2D eigenvalue weighted by atomic mass is 32.2. The van der Waals surface area contributed by atoms with E-state index in [2.05, 4.69) is 20.5 Å². The summed E-state index contributed by atoms with van der Waals surface area (Å²) in [7, 11) is -4.92. The number of alkyl halides is 3. The van der Waals surface area contributed by atoms with Crippen molar-refractivity contribution in [1.29, 1.82) is 0 Å². The minimum atomic E-state index is -5.03. The van der Waals surface area contributed by atoms with E-state index in [1.807, 2.05) is 0 Å². The number of anilines is 3. The van der Waals surface area contributed by atoms with Crippen LogP contribution in [0.15, 0.2) is 60.8 Å². The van der Waals surface area contributed by atoms with Crippen LogP contribution in [0.25, 0.3) is 11.3 Å². The number of primary amides is 1. The minimum absolute atomic E-state index is 0.00620. The third-order valence-corrected chi connectivity index (χ3v) is 6.42. The van der Waals surface area contributed by atoms with Gasteiger partial charge in [-0.2, -0.15) is 18.3 Å². The van der Waals surface area contributed by atoms with Crippen LogP contribution < -0.4 is 20.5 Å². The molecule has 2 aromatic heterocycles. The van der Waals surface area contributed by atoms with Gasteiger partial charge in [0.2, 0.25) is 10.0 Å². The Labute approximate surface area is 223 Å².